The summed E-state index contributed by atoms with van der Waals surface area (Å²) in [6.07, 6.45) is 0. The average Bonchev–Trinajstić information content (AvgIpc) is 2.07. The van der Waals surface area contributed by atoms with Crippen molar-refractivity contribution >= 4 is 0 Å². The maximum absolute atomic E-state index is 2.28. The SMILES string of the molecule is CC1=C(C)C(C)C(C)=C1C.[CH3-].[Zr]. The Bertz CT molecular complexity index is 197. The van der Waals surface area contributed by atoms with E-state index in [4.69, 9.17) is 0 Å². The van der Waals surface area contributed by atoms with E-state index in [-0.39, 0.29) is 33.6 Å². The van der Waals surface area contributed by atoms with E-state index >= 15 is 0 Å². The van der Waals surface area contributed by atoms with E-state index in [9.17, 15) is 0 Å². The van der Waals surface area contributed by atoms with Gasteiger partial charge in [-0.15, -0.1) is 0 Å². The second kappa shape index (κ2) is 5.17. The van der Waals surface area contributed by atoms with Crippen LogP contribution in [0.25, 0.3) is 0 Å². The maximum Gasteiger partial charge on any atom is 0 e. The van der Waals surface area contributed by atoms with Crippen molar-refractivity contribution in [2.45, 2.75) is 34.6 Å². The molecule has 0 unspecified atom stereocenters. The minimum Gasteiger partial charge on any atom is -0.358 e. The van der Waals surface area contributed by atoms with Gasteiger partial charge in [-0.25, -0.2) is 0 Å². The van der Waals surface area contributed by atoms with Crippen LogP contribution in [-0.4, -0.2) is 0 Å². The van der Waals surface area contributed by atoms with E-state index in [0.29, 0.717) is 5.92 Å². The summed E-state index contributed by atoms with van der Waals surface area (Å²) in [7, 11) is 0. The molecule has 0 nitrogen and oxygen atoms in total. The van der Waals surface area contributed by atoms with Gasteiger partial charge in [-0.05, 0) is 44.8 Å². The van der Waals surface area contributed by atoms with Crippen LogP contribution in [0.3, 0.4) is 0 Å². The van der Waals surface area contributed by atoms with Crippen LogP contribution in [0.2, 0.25) is 0 Å². The van der Waals surface area contributed by atoms with Gasteiger partial charge in [-0.1, -0.05) is 18.1 Å². The molecule has 12 heavy (non-hydrogen) atoms. The monoisotopic (exact) mass is 241 g/mol. The van der Waals surface area contributed by atoms with Gasteiger partial charge in [0, 0.05) is 26.2 Å². The van der Waals surface area contributed by atoms with Crippen LogP contribution in [-0.2, 0) is 26.2 Å². The Morgan fingerprint density at radius 1 is 0.833 bits per heavy atom. The fourth-order valence-corrected chi connectivity index (χ4v) is 1.57. The first-order valence-electron chi connectivity index (χ1n) is 3.90. The molecule has 0 aromatic rings. The van der Waals surface area contributed by atoms with Gasteiger partial charge >= 0.3 is 0 Å². The predicted octanol–water partition coefficient (Wildman–Crippen LogP) is 3.76. The summed E-state index contributed by atoms with van der Waals surface area (Å²) in [5.41, 5.74) is 6.11. The molecule has 0 aromatic carbocycles. The third-order valence-corrected chi connectivity index (χ3v) is 3.04. The Balaban J connectivity index is 0. The quantitative estimate of drug-likeness (QED) is 0.568. The fourth-order valence-electron chi connectivity index (χ4n) is 1.57. The van der Waals surface area contributed by atoms with Gasteiger partial charge < -0.3 is 7.43 Å². The zero-order chi connectivity index (χ0) is 7.89. The van der Waals surface area contributed by atoms with Gasteiger partial charge in [-0.2, -0.15) is 0 Å². The molecular formula is C11H19Zr-. The summed E-state index contributed by atoms with van der Waals surface area (Å²) in [5, 5.41) is 0. The van der Waals surface area contributed by atoms with Gasteiger partial charge in [0.15, 0.2) is 0 Å². The molecule has 0 radical (unpaired) electrons. The molecule has 68 valence electrons. The summed E-state index contributed by atoms with van der Waals surface area (Å²) >= 11 is 0. The van der Waals surface area contributed by atoms with Crippen LogP contribution in [0.1, 0.15) is 34.6 Å². The summed E-state index contributed by atoms with van der Waals surface area (Å²) in [6.45, 7) is 11.2. The Morgan fingerprint density at radius 3 is 1.17 bits per heavy atom. The Hall–Kier alpha value is 0.363. The Kier molecular flexibility index (Phi) is 6.40. The van der Waals surface area contributed by atoms with Crippen molar-refractivity contribution in [1.82, 2.24) is 0 Å². The molecule has 0 saturated carbocycles. The average molecular weight is 242 g/mol. The molecule has 0 aromatic heterocycles. The molecule has 0 bridgehead atoms. The van der Waals surface area contributed by atoms with Crippen LogP contribution >= 0.6 is 0 Å². The summed E-state index contributed by atoms with van der Waals surface area (Å²) in [4.78, 5) is 0. The van der Waals surface area contributed by atoms with Gasteiger partial charge in [0.25, 0.3) is 0 Å². The smallest absolute Gasteiger partial charge is 0 e. The molecule has 0 fully saturated rings. The van der Waals surface area contributed by atoms with Gasteiger partial charge in [-0.3, -0.25) is 0 Å². The molecule has 0 N–H and O–H groups in total. The molecule has 1 aliphatic rings. The summed E-state index contributed by atoms with van der Waals surface area (Å²) < 4.78 is 0. The summed E-state index contributed by atoms with van der Waals surface area (Å²) in [6, 6.07) is 0. The number of hydrogen-bond donors (Lipinski definition) is 0. The van der Waals surface area contributed by atoms with Gasteiger partial charge in [0.2, 0.25) is 0 Å². The van der Waals surface area contributed by atoms with E-state index in [0.717, 1.165) is 0 Å². The third kappa shape index (κ3) is 2.19. The first-order valence-corrected chi connectivity index (χ1v) is 3.90. The Morgan fingerprint density at radius 2 is 1.08 bits per heavy atom. The van der Waals surface area contributed by atoms with Gasteiger partial charge in [0.1, 0.15) is 0 Å². The van der Waals surface area contributed by atoms with E-state index in [1.165, 1.54) is 11.1 Å². The second-order valence-corrected chi connectivity index (χ2v) is 3.34. The van der Waals surface area contributed by atoms with Crippen LogP contribution in [0.5, 0.6) is 0 Å². The van der Waals surface area contributed by atoms with Crippen molar-refractivity contribution in [3.63, 3.8) is 0 Å². The number of allylic oxidation sites excluding steroid dienone is 4. The molecule has 0 amide bonds. The van der Waals surface area contributed by atoms with Crippen molar-refractivity contribution in [2.24, 2.45) is 5.92 Å². The fraction of sp³-hybridized carbons (Fsp3) is 0.545. The third-order valence-electron chi connectivity index (χ3n) is 3.04. The summed E-state index contributed by atoms with van der Waals surface area (Å²) in [5.74, 6) is 0.694. The van der Waals surface area contributed by atoms with Crippen molar-refractivity contribution in [3.05, 3.63) is 29.7 Å². The molecule has 1 heteroatoms. The van der Waals surface area contributed by atoms with E-state index in [1.807, 2.05) is 0 Å². The van der Waals surface area contributed by atoms with E-state index < -0.39 is 0 Å². The molecule has 1 aliphatic carbocycles. The first-order chi connectivity index (χ1) is 4.55. The predicted molar refractivity (Wildman–Crippen MR) is 52.3 cm³/mol. The van der Waals surface area contributed by atoms with Crippen molar-refractivity contribution < 1.29 is 26.2 Å². The molecule has 0 atom stereocenters. The first kappa shape index (κ1) is 14.9. The molecular weight excluding hydrogens is 223 g/mol. The van der Waals surface area contributed by atoms with Gasteiger partial charge in [0.05, 0.1) is 0 Å². The number of rotatable bonds is 0. The van der Waals surface area contributed by atoms with Crippen molar-refractivity contribution in [3.8, 4) is 0 Å². The van der Waals surface area contributed by atoms with Crippen LogP contribution in [0, 0.1) is 13.3 Å². The van der Waals surface area contributed by atoms with E-state index in [2.05, 4.69) is 34.6 Å². The molecule has 1 rings (SSSR count). The molecule has 0 aliphatic heterocycles. The molecule has 0 heterocycles. The van der Waals surface area contributed by atoms with Crippen molar-refractivity contribution in [2.75, 3.05) is 0 Å². The number of hydrogen-bond acceptors (Lipinski definition) is 0. The Labute approximate surface area is 96.3 Å². The topological polar surface area (TPSA) is 0 Å². The van der Waals surface area contributed by atoms with Crippen LogP contribution < -0.4 is 0 Å². The van der Waals surface area contributed by atoms with E-state index in [1.54, 1.807) is 11.1 Å². The minimum absolute atomic E-state index is 0. The normalized spacial score (nSPS) is 17.8. The zero-order valence-corrected chi connectivity index (χ0v) is 11.5. The van der Waals surface area contributed by atoms with Crippen molar-refractivity contribution in [1.29, 1.82) is 0 Å². The zero-order valence-electron chi connectivity index (χ0n) is 9.08. The standard InChI is InChI=1S/C10H16.CH3.Zr/c1-6-7(2)9(4)10(5)8(6)3;;/h6H,1-5H3;1H3;/q;-1;. The largest absolute Gasteiger partial charge is 0.358 e. The second-order valence-electron chi connectivity index (χ2n) is 3.34. The maximum atomic E-state index is 2.28. The molecule has 0 saturated heterocycles. The molecule has 0 spiro atoms. The van der Waals surface area contributed by atoms with Crippen LogP contribution in [0.4, 0.5) is 0 Å². The minimum atomic E-state index is 0. The van der Waals surface area contributed by atoms with Crippen LogP contribution in [0.15, 0.2) is 22.3 Å².